The van der Waals surface area contributed by atoms with Crippen LogP contribution in [-0.2, 0) is 4.74 Å². The van der Waals surface area contributed by atoms with Crippen LogP contribution in [0, 0.1) is 13.8 Å². The lowest BCUT2D eigenvalue weighted by molar-refractivity contribution is 0.0376. The largest absolute Gasteiger partial charge is 0.491 e. The van der Waals surface area contributed by atoms with Crippen LogP contribution < -0.4 is 15.4 Å². The van der Waals surface area contributed by atoms with Gasteiger partial charge in [-0.2, -0.15) is 0 Å². The Morgan fingerprint density at radius 2 is 1.96 bits per heavy atom. The summed E-state index contributed by atoms with van der Waals surface area (Å²) in [4.78, 5) is 2.43. The molecule has 1 aromatic carbocycles. The van der Waals surface area contributed by atoms with Crippen LogP contribution in [0.1, 0.15) is 17.5 Å². The first-order valence-corrected chi connectivity index (χ1v) is 9.08. The van der Waals surface area contributed by atoms with Crippen molar-refractivity contribution in [3.8, 4) is 5.75 Å². The van der Waals surface area contributed by atoms with Gasteiger partial charge in [0.15, 0.2) is 5.11 Å². The normalized spacial score (nSPS) is 15.1. The van der Waals surface area contributed by atoms with Crippen molar-refractivity contribution in [3.05, 3.63) is 29.3 Å². The van der Waals surface area contributed by atoms with Crippen LogP contribution in [0.25, 0.3) is 0 Å². The van der Waals surface area contributed by atoms with Gasteiger partial charge in [-0.15, -0.1) is 0 Å². The van der Waals surface area contributed by atoms with Crippen LogP contribution in [0.4, 0.5) is 0 Å². The van der Waals surface area contributed by atoms with E-state index in [2.05, 4.69) is 41.5 Å². The van der Waals surface area contributed by atoms with Gasteiger partial charge in [-0.05, 0) is 50.7 Å². The van der Waals surface area contributed by atoms with Crippen molar-refractivity contribution < 1.29 is 9.47 Å². The van der Waals surface area contributed by atoms with E-state index in [4.69, 9.17) is 21.7 Å². The monoisotopic (exact) mass is 351 g/mol. The molecule has 0 radical (unpaired) electrons. The van der Waals surface area contributed by atoms with Gasteiger partial charge < -0.3 is 20.1 Å². The minimum Gasteiger partial charge on any atom is -0.491 e. The molecule has 0 saturated carbocycles. The van der Waals surface area contributed by atoms with Gasteiger partial charge in [-0.3, -0.25) is 4.90 Å². The fourth-order valence-corrected chi connectivity index (χ4v) is 2.88. The smallest absolute Gasteiger partial charge is 0.166 e. The molecule has 1 saturated heterocycles. The van der Waals surface area contributed by atoms with Gasteiger partial charge in [0, 0.05) is 19.6 Å². The molecule has 0 atom stereocenters. The maximum atomic E-state index is 5.78. The van der Waals surface area contributed by atoms with Crippen molar-refractivity contribution in [2.24, 2.45) is 0 Å². The highest BCUT2D eigenvalue weighted by atomic mass is 32.1. The Morgan fingerprint density at radius 3 is 2.71 bits per heavy atom. The molecular formula is C18H29N3O2S. The van der Waals surface area contributed by atoms with Crippen molar-refractivity contribution >= 4 is 17.3 Å². The van der Waals surface area contributed by atoms with Crippen LogP contribution in [0.5, 0.6) is 5.75 Å². The van der Waals surface area contributed by atoms with Crippen molar-refractivity contribution in [1.29, 1.82) is 0 Å². The number of nitrogens with one attached hydrogen (secondary N) is 2. The number of nitrogens with zero attached hydrogens (tertiary/aromatic N) is 1. The van der Waals surface area contributed by atoms with E-state index in [1.165, 1.54) is 11.1 Å². The Kier molecular flexibility index (Phi) is 8.28. The number of benzene rings is 1. The van der Waals surface area contributed by atoms with Gasteiger partial charge in [0.25, 0.3) is 0 Å². The van der Waals surface area contributed by atoms with E-state index >= 15 is 0 Å². The number of rotatable bonds is 8. The maximum absolute atomic E-state index is 5.78. The van der Waals surface area contributed by atoms with Crippen molar-refractivity contribution in [1.82, 2.24) is 15.5 Å². The van der Waals surface area contributed by atoms with Crippen LogP contribution in [-0.4, -0.2) is 62.6 Å². The molecule has 0 aromatic heterocycles. The Labute approximate surface area is 150 Å². The quantitative estimate of drug-likeness (QED) is 0.551. The van der Waals surface area contributed by atoms with Gasteiger partial charge in [0.05, 0.1) is 19.8 Å². The SMILES string of the molecule is Cc1ccc(OCCNC(=S)NCCCN2CCOCC2)c(C)c1. The third-order valence-corrected chi connectivity index (χ3v) is 4.30. The lowest BCUT2D eigenvalue weighted by atomic mass is 10.1. The van der Waals surface area contributed by atoms with Crippen molar-refractivity contribution in [2.75, 3.05) is 52.5 Å². The Hall–Kier alpha value is -1.37. The average molecular weight is 352 g/mol. The molecule has 1 aromatic rings. The summed E-state index contributed by atoms with van der Waals surface area (Å²) in [7, 11) is 0. The number of hydrogen-bond acceptors (Lipinski definition) is 4. The van der Waals surface area contributed by atoms with Crippen LogP contribution in [0.3, 0.4) is 0 Å². The summed E-state index contributed by atoms with van der Waals surface area (Å²) in [5, 5.41) is 7.13. The molecule has 0 spiro atoms. The molecule has 0 amide bonds. The van der Waals surface area contributed by atoms with Gasteiger partial charge >= 0.3 is 0 Å². The summed E-state index contributed by atoms with van der Waals surface area (Å²) in [6, 6.07) is 6.21. The predicted octanol–water partition coefficient (Wildman–Crippen LogP) is 1.87. The van der Waals surface area contributed by atoms with E-state index in [1.54, 1.807) is 0 Å². The van der Waals surface area contributed by atoms with Crippen LogP contribution in [0.2, 0.25) is 0 Å². The Balaban J connectivity index is 1.50. The topological polar surface area (TPSA) is 45.8 Å². The molecule has 0 unspecified atom stereocenters. The Bertz CT molecular complexity index is 519. The molecule has 0 bridgehead atoms. The molecule has 1 aliphatic heterocycles. The van der Waals surface area contributed by atoms with Gasteiger partial charge in [-0.1, -0.05) is 17.7 Å². The first-order valence-electron chi connectivity index (χ1n) is 8.67. The Morgan fingerprint density at radius 1 is 1.21 bits per heavy atom. The predicted molar refractivity (Wildman–Crippen MR) is 102 cm³/mol. The molecule has 1 aliphatic rings. The molecule has 0 aliphatic carbocycles. The van der Waals surface area contributed by atoms with Gasteiger partial charge in [0.2, 0.25) is 0 Å². The molecule has 1 heterocycles. The zero-order chi connectivity index (χ0) is 17.2. The summed E-state index contributed by atoms with van der Waals surface area (Å²) >= 11 is 5.29. The van der Waals surface area contributed by atoms with E-state index in [-0.39, 0.29) is 0 Å². The summed E-state index contributed by atoms with van der Waals surface area (Å²) in [5.74, 6) is 0.937. The molecule has 2 rings (SSSR count). The number of thiocarbonyl (C=S) groups is 1. The highest BCUT2D eigenvalue weighted by Crippen LogP contribution is 2.18. The minimum absolute atomic E-state index is 0.597. The van der Waals surface area contributed by atoms with Crippen LogP contribution >= 0.6 is 12.2 Å². The number of hydrogen-bond donors (Lipinski definition) is 2. The fourth-order valence-electron chi connectivity index (χ4n) is 2.68. The van der Waals surface area contributed by atoms with Crippen LogP contribution in [0.15, 0.2) is 18.2 Å². The standard InChI is InChI=1S/C18H29N3O2S/c1-15-4-5-17(16(2)14-15)23-11-7-20-18(24)19-6-3-8-21-9-12-22-13-10-21/h4-5,14H,3,6-13H2,1-2H3,(H2,19,20,24). The van der Waals surface area contributed by atoms with Gasteiger partial charge in [-0.25, -0.2) is 0 Å². The highest BCUT2D eigenvalue weighted by Gasteiger charge is 2.09. The summed E-state index contributed by atoms with van der Waals surface area (Å²) < 4.78 is 11.1. The average Bonchev–Trinajstić information content (AvgIpc) is 2.58. The first kappa shape index (κ1) is 19.0. The molecular weight excluding hydrogens is 322 g/mol. The number of ether oxygens (including phenoxy) is 2. The molecule has 5 nitrogen and oxygen atoms in total. The lowest BCUT2D eigenvalue weighted by Gasteiger charge is -2.26. The second-order valence-electron chi connectivity index (χ2n) is 6.11. The van der Waals surface area contributed by atoms with E-state index in [1.807, 2.05) is 6.07 Å². The number of aryl methyl sites for hydroxylation is 2. The van der Waals surface area contributed by atoms with E-state index in [9.17, 15) is 0 Å². The summed E-state index contributed by atoms with van der Waals surface area (Å²) in [5.41, 5.74) is 2.42. The van der Waals surface area contributed by atoms with Gasteiger partial charge in [0.1, 0.15) is 12.4 Å². The summed E-state index contributed by atoms with van der Waals surface area (Å²) in [6.07, 6.45) is 1.08. The maximum Gasteiger partial charge on any atom is 0.166 e. The summed E-state index contributed by atoms with van der Waals surface area (Å²) in [6.45, 7) is 11.2. The van der Waals surface area contributed by atoms with E-state index in [0.29, 0.717) is 18.3 Å². The molecule has 24 heavy (non-hydrogen) atoms. The second kappa shape index (κ2) is 10.5. The zero-order valence-corrected chi connectivity index (χ0v) is 15.6. The third kappa shape index (κ3) is 7.03. The molecule has 1 fully saturated rings. The number of morpholine rings is 1. The molecule has 134 valence electrons. The second-order valence-corrected chi connectivity index (χ2v) is 6.52. The fraction of sp³-hybridized carbons (Fsp3) is 0.611. The van der Waals surface area contributed by atoms with E-state index in [0.717, 1.165) is 51.6 Å². The van der Waals surface area contributed by atoms with Crippen molar-refractivity contribution in [2.45, 2.75) is 20.3 Å². The van der Waals surface area contributed by atoms with Crippen molar-refractivity contribution in [3.63, 3.8) is 0 Å². The first-order chi connectivity index (χ1) is 11.6. The third-order valence-electron chi connectivity index (χ3n) is 4.02. The minimum atomic E-state index is 0.597. The molecule has 2 N–H and O–H groups in total. The molecule has 6 heteroatoms. The lowest BCUT2D eigenvalue weighted by Crippen LogP contribution is -2.40. The van der Waals surface area contributed by atoms with E-state index < -0.39 is 0 Å². The zero-order valence-electron chi connectivity index (χ0n) is 14.8. The highest BCUT2D eigenvalue weighted by molar-refractivity contribution is 7.80.